The first-order valence-electron chi connectivity index (χ1n) is 6.42. The molecule has 3 nitrogen and oxygen atoms in total. The molecule has 1 atom stereocenters. The normalized spacial score (nSPS) is 12.8. The molecule has 21 heavy (non-hydrogen) atoms. The number of amides is 1. The van der Waals surface area contributed by atoms with Crippen molar-refractivity contribution in [2.45, 2.75) is 20.0 Å². The van der Waals surface area contributed by atoms with Gasteiger partial charge in [0.25, 0.3) is 5.91 Å². The highest BCUT2D eigenvalue weighted by atomic mass is 32.1. The first-order chi connectivity index (χ1) is 9.66. The molecule has 7 heteroatoms. The van der Waals surface area contributed by atoms with E-state index in [1.807, 2.05) is 0 Å². The van der Waals surface area contributed by atoms with Crippen LogP contribution in [0.5, 0.6) is 0 Å². The van der Waals surface area contributed by atoms with Gasteiger partial charge in [0, 0.05) is 24.6 Å². The predicted molar refractivity (Wildman–Crippen MR) is 79.0 cm³/mol. The third kappa shape index (κ3) is 4.70. The van der Waals surface area contributed by atoms with Crippen molar-refractivity contribution in [1.29, 1.82) is 0 Å². The van der Waals surface area contributed by atoms with Gasteiger partial charge in [-0.2, -0.15) is 13.2 Å². The zero-order valence-corrected chi connectivity index (χ0v) is 12.6. The van der Waals surface area contributed by atoms with Crippen LogP contribution in [0.15, 0.2) is 24.3 Å². The molecule has 0 aliphatic rings. The maximum atomic E-state index is 12.5. The van der Waals surface area contributed by atoms with Crippen molar-refractivity contribution in [3.63, 3.8) is 0 Å². The van der Waals surface area contributed by atoms with Gasteiger partial charge in [-0.3, -0.25) is 4.79 Å². The summed E-state index contributed by atoms with van der Waals surface area (Å²) in [7, 11) is 0. The molecule has 1 aromatic rings. The standard InChI is InChI=1S/C14H17F3N2OS/c1-3-19(8-9(2)12(18)21)13(20)10-4-6-11(7-5-10)14(15,16)17/h4-7,9H,3,8H2,1-2H3,(H2,18,21). The summed E-state index contributed by atoms with van der Waals surface area (Å²) in [5.74, 6) is -0.493. The SMILES string of the molecule is CCN(CC(C)C(N)=S)C(=O)c1ccc(C(F)(F)F)cc1. The Kier molecular flexibility index (Phi) is 5.71. The molecule has 0 fully saturated rings. The number of nitrogens with zero attached hydrogens (tertiary/aromatic N) is 1. The van der Waals surface area contributed by atoms with Crippen molar-refractivity contribution >= 4 is 23.1 Å². The van der Waals surface area contributed by atoms with Gasteiger partial charge in [-0.1, -0.05) is 19.1 Å². The van der Waals surface area contributed by atoms with E-state index in [1.165, 1.54) is 17.0 Å². The summed E-state index contributed by atoms with van der Waals surface area (Å²) in [5, 5.41) is 0. The smallest absolute Gasteiger partial charge is 0.393 e. The second-order valence-corrected chi connectivity index (χ2v) is 5.19. The van der Waals surface area contributed by atoms with Gasteiger partial charge in [0.2, 0.25) is 0 Å². The zero-order valence-electron chi connectivity index (χ0n) is 11.8. The van der Waals surface area contributed by atoms with Gasteiger partial charge < -0.3 is 10.6 Å². The van der Waals surface area contributed by atoms with E-state index in [-0.39, 0.29) is 17.4 Å². The van der Waals surface area contributed by atoms with Crippen LogP contribution in [0.3, 0.4) is 0 Å². The lowest BCUT2D eigenvalue weighted by atomic mass is 10.1. The summed E-state index contributed by atoms with van der Waals surface area (Å²) >= 11 is 4.86. The minimum Gasteiger partial charge on any atom is -0.393 e. The van der Waals surface area contributed by atoms with E-state index in [2.05, 4.69) is 0 Å². The number of carbonyl (C=O) groups excluding carboxylic acids is 1. The molecule has 0 aliphatic carbocycles. The molecule has 0 saturated carbocycles. The summed E-state index contributed by atoms with van der Waals surface area (Å²) in [6, 6.07) is 4.16. The Morgan fingerprint density at radius 1 is 1.33 bits per heavy atom. The third-order valence-corrected chi connectivity index (χ3v) is 3.51. The van der Waals surface area contributed by atoms with Gasteiger partial charge in [-0.25, -0.2) is 0 Å². The Labute approximate surface area is 126 Å². The van der Waals surface area contributed by atoms with Crippen molar-refractivity contribution < 1.29 is 18.0 Å². The molecule has 0 radical (unpaired) electrons. The van der Waals surface area contributed by atoms with E-state index in [0.717, 1.165) is 12.1 Å². The molecule has 116 valence electrons. The largest absolute Gasteiger partial charge is 0.416 e. The fraction of sp³-hybridized carbons (Fsp3) is 0.429. The van der Waals surface area contributed by atoms with E-state index in [4.69, 9.17) is 18.0 Å². The van der Waals surface area contributed by atoms with Crippen molar-refractivity contribution in [3.8, 4) is 0 Å². The van der Waals surface area contributed by atoms with Crippen LogP contribution in [0.25, 0.3) is 0 Å². The maximum Gasteiger partial charge on any atom is 0.416 e. The molecule has 2 N–H and O–H groups in total. The van der Waals surface area contributed by atoms with E-state index in [9.17, 15) is 18.0 Å². The monoisotopic (exact) mass is 318 g/mol. The molecule has 1 unspecified atom stereocenters. The fourth-order valence-electron chi connectivity index (χ4n) is 1.76. The zero-order chi connectivity index (χ0) is 16.2. The quantitative estimate of drug-likeness (QED) is 0.849. The number of hydrogen-bond acceptors (Lipinski definition) is 2. The van der Waals surface area contributed by atoms with Crippen LogP contribution in [0.2, 0.25) is 0 Å². The number of benzene rings is 1. The number of hydrogen-bond donors (Lipinski definition) is 1. The van der Waals surface area contributed by atoms with Gasteiger partial charge in [-0.05, 0) is 31.2 Å². The Morgan fingerprint density at radius 3 is 2.24 bits per heavy atom. The average Bonchev–Trinajstić information content (AvgIpc) is 2.42. The topological polar surface area (TPSA) is 46.3 Å². The lowest BCUT2D eigenvalue weighted by molar-refractivity contribution is -0.137. The molecular formula is C14H17F3N2OS. The molecular weight excluding hydrogens is 301 g/mol. The third-order valence-electron chi connectivity index (χ3n) is 3.11. The van der Waals surface area contributed by atoms with Gasteiger partial charge >= 0.3 is 6.18 Å². The summed E-state index contributed by atoms with van der Waals surface area (Å²) in [6.45, 7) is 4.35. The van der Waals surface area contributed by atoms with Crippen LogP contribution < -0.4 is 5.73 Å². The number of thiocarbonyl (C=S) groups is 1. The number of nitrogens with two attached hydrogens (primary N) is 1. The van der Waals surface area contributed by atoms with Crippen molar-refractivity contribution in [1.82, 2.24) is 4.90 Å². The first kappa shape index (κ1) is 17.4. The second kappa shape index (κ2) is 6.89. The molecule has 1 rings (SSSR count). The highest BCUT2D eigenvalue weighted by Crippen LogP contribution is 2.29. The van der Waals surface area contributed by atoms with Gasteiger partial charge in [0.1, 0.15) is 0 Å². The van der Waals surface area contributed by atoms with Crippen molar-refractivity contribution in [2.75, 3.05) is 13.1 Å². The van der Waals surface area contributed by atoms with Gasteiger partial charge in [0.05, 0.1) is 10.6 Å². The van der Waals surface area contributed by atoms with Crippen LogP contribution in [-0.4, -0.2) is 28.9 Å². The summed E-state index contributed by atoms with van der Waals surface area (Å²) in [6.07, 6.45) is -4.41. The molecule has 0 aromatic heterocycles. The van der Waals surface area contributed by atoms with Crippen molar-refractivity contribution in [2.24, 2.45) is 11.7 Å². The maximum absolute atomic E-state index is 12.5. The number of halogens is 3. The van der Waals surface area contributed by atoms with Crippen LogP contribution in [0, 0.1) is 5.92 Å². The highest BCUT2D eigenvalue weighted by molar-refractivity contribution is 7.80. The van der Waals surface area contributed by atoms with E-state index >= 15 is 0 Å². The number of rotatable bonds is 5. The number of alkyl halides is 3. The summed E-state index contributed by atoms with van der Waals surface area (Å²) in [4.78, 5) is 14.1. The minimum absolute atomic E-state index is 0.154. The van der Waals surface area contributed by atoms with E-state index < -0.39 is 11.7 Å². The van der Waals surface area contributed by atoms with Crippen LogP contribution in [0.4, 0.5) is 13.2 Å². The average molecular weight is 318 g/mol. The van der Waals surface area contributed by atoms with Crippen LogP contribution in [-0.2, 0) is 6.18 Å². The molecule has 0 aliphatic heterocycles. The Balaban J connectivity index is 2.88. The first-order valence-corrected chi connectivity index (χ1v) is 6.83. The van der Waals surface area contributed by atoms with Gasteiger partial charge in [-0.15, -0.1) is 0 Å². The Bertz CT molecular complexity index is 514. The number of carbonyl (C=O) groups is 1. The second-order valence-electron chi connectivity index (χ2n) is 4.72. The van der Waals surface area contributed by atoms with Crippen LogP contribution >= 0.6 is 12.2 Å². The van der Waals surface area contributed by atoms with E-state index in [1.54, 1.807) is 13.8 Å². The Hall–Kier alpha value is -1.63. The molecule has 0 saturated heterocycles. The minimum atomic E-state index is -4.41. The molecule has 0 spiro atoms. The highest BCUT2D eigenvalue weighted by Gasteiger charge is 2.30. The fourth-order valence-corrected chi connectivity index (χ4v) is 1.84. The molecule has 0 bridgehead atoms. The lowest BCUT2D eigenvalue weighted by Gasteiger charge is -2.24. The molecule has 1 amide bonds. The summed E-state index contributed by atoms with van der Waals surface area (Å²) in [5.41, 5.74) is 4.94. The van der Waals surface area contributed by atoms with E-state index in [0.29, 0.717) is 18.1 Å². The van der Waals surface area contributed by atoms with Gasteiger partial charge in [0.15, 0.2) is 0 Å². The molecule has 0 heterocycles. The van der Waals surface area contributed by atoms with Crippen LogP contribution in [0.1, 0.15) is 29.8 Å². The van der Waals surface area contributed by atoms with Crippen molar-refractivity contribution in [3.05, 3.63) is 35.4 Å². The Morgan fingerprint density at radius 2 is 1.86 bits per heavy atom. The lowest BCUT2D eigenvalue weighted by Crippen LogP contribution is -2.38. The predicted octanol–water partition coefficient (Wildman–Crippen LogP) is 3.09. The molecule has 1 aromatic carbocycles. The summed E-state index contributed by atoms with van der Waals surface area (Å²) < 4.78 is 37.4.